The van der Waals surface area contributed by atoms with Crippen molar-refractivity contribution in [3.05, 3.63) is 93.2 Å². The number of aromatic nitrogens is 1. The average Bonchev–Trinajstić information content (AvgIpc) is 3.85. The van der Waals surface area contributed by atoms with Gasteiger partial charge in [-0.1, -0.05) is 40.5 Å². The number of hydrogen-bond acceptors (Lipinski definition) is 5. The van der Waals surface area contributed by atoms with E-state index in [0.717, 1.165) is 48.3 Å². The molecule has 0 saturated heterocycles. The van der Waals surface area contributed by atoms with Gasteiger partial charge in [-0.2, -0.15) is 0 Å². The number of ether oxygens (including phenoxy) is 1. The van der Waals surface area contributed by atoms with Gasteiger partial charge in [0.1, 0.15) is 23.8 Å². The fraction of sp³-hybridized carbons (Fsp3) is 0.233. The Hall–Kier alpha value is -3.81. The minimum absolute atomic E-state index is 0.0390. The van der Waals surface area contributed by atoms with Crippen molar-refractivity contribution in [2.24, 2.45) is 0 Å². The highest BCUT2D eigenvalue weighted by Gasteiger charge is 2.59. The maximum atomic E-state index is 13.6. The Balaban J connectivity index is 1.22. The Morgan fingerprint density at radius 1 is 1.08 bits per heavy atom. The number of benzene rings is 3. The first-order chi connectivity index (χ1) is 18.9. The lowest BCUT2D eigenvalue weighted by molar-refractivity contribution is -0.119. The topological polar surface area (TPSA) is 92.9 Å². The molecule has 3 aromatic carbocycles. The molecule has 0 bridgehead atoms. The van der Waals surface area contributed by atoms with Gasteiger partial charge in [0.2, 0.25) is 5.91 Å². The predicted octanol–water partition coefficient (Wildman–Crippen LogP) is 7.51. The monoisotopic (exact) mass is 560 g/mol. The summed E-state index contributed by atoms with van der Waals surface area (Å²) in [7, 11) is 0. The molecule has 2 aliphatic carbocycles. The summed E-state index contributed by atoms with van der Waals surface area (Å²) in [5.41, 5.74) is 3.73. The van der Waals surface area contributed by atoms with Crippen LogP contribution in [0.5, 0.6) is 5.75 Å². The molecule has 2 heterocycles. The van der Waals surface area contributed by atoms with Gasteiger partial charge in [-0.25, -0.2) is 4.79 Å². The summed E-state index contributed by atoms with van der Waals surface area (Å²) in [4.78, 5) is 26.7. The van der Waals surface area contributed by atoms with E-state index in [4.69, 9.17) is 32.5 Å². The molecular formula is C30H22Cl2N2O5. The van der Waals surface area contributed by atoms with Gasteiger partial charge in [0, 0.05) is 17.2 Å². The zero-order chi connectivity index (χ0) is 26.9. The second-order valence-electron chi connectivity index (χ2n) is 10.3. The summed E-state index contributed by atoms with van der Waals surface area (Å²) in [5, 5.41) is 14.7. The van der Waals surface area contributed by atoms with E-state index >= 15 is 0 Å². The highest BCUT2D eigenvalue weighted by atomic mass is 35.5. The van der Waals surface area contributed by atoms with Gasteiger partial charge in [0.05, 0.1) is 32.3 Å². The predicted molar refractivity (Wildman–Crippen MR) is 146 cm³/mol. The third-order valence-corrected chi connectivity index (χ3v) is 8.42. The summed E-state index contributed by atoms with van der Waals surface area (Å²) in [6.07, 6.45) is 3.54. The van der Waals surface area contributed by atoms with E-state index < -0.39 is 11.4 Å². The molecule has 3 aliphatic rings. The second kappa shape index (κ2) is 8.86. The summed E-state index contributed by atoms with van der Waals surface area (Å²) < 4.78 is 12.0. The second-order valence-corrected chi connectivity index (χ2v) is 11.1. The van der Waals surface area contributed by atoms with Gasteiger partial charge in [-0.15, -0.1) is 0 Å². The fourth-order valence-corrected chi connectivity index (χ4v) is 6.04. The van der Waals surface area contributed by atoms with Crippen molar-refractivity contribution in [2.75, 3.05) is 4.90 Å². The molecule has 39 heavy (non-hydrogen) atoms. The Morgan fingerprint density at radius 3 is 2.51 bits per heavy atom. The van der Waals surface area contributed by atoms with Crippen LogP contribution in [0.15, 0.2) is 65.2 Å². The van der Waals surface area contributed by atoms with E-state index in [1.54, 1.807) is 35.2 Å². The van der Waals surface area contributed by atoms with Crippen LogP contribution in [-0.2, 0) is 16.8 Å². The van der Waals surface area contributed by atoms with Crippen molar-refractivity contribution in [3.63, 3.8) is 0 Å². The number of amides is 1. The SMILES string of the molecule is O=C(O)c1cccc(N2C(=O)C3(CC3)c3cc(OCc4c(-c5c(Cl)cccc5Cl)noc4C4CC4)ccc32)c1. The maximum Gasteiger partial charge on any atom is 0.335 e. The van der Waals surface area contributed by atoms with Crippen LogP contribution < -0.4 is 9.64 Å². The molecule has 2 saturated carbocycles. The van der Waals surface area contributed by atoms with Gasteiger partial charge >= 0.3 is 5.97 Å². The van der Waals surface area contributed by atoms with Crippen molar-refractivity contribution < 1.29 is 24.0 Å². The number of anilines is 2. The first kappa shape index (κ1) is 24.2. The largest absolute Gasteiger partial charge is 0.489 e. The summed E-state index contributed by atoms with van der Waals surface area (Å²) in [6, 6.07) is 17.4. The van der Waals surface area contributed by atoms with Gasteiger partial charge in [0.15, 0.2) is 0 Å². The molecule has 7 rings (SSSR count). The third-order valence-electron chi connectivity index (χ3n) is 7.79. The van der Waals surface area contributed by atoms with Crippen LogP contribution in [0.1, 0.15) is 58.8 Å². The van der Waals surface area contributed by atoms with Crippen LogP contribution >= 0.6 is 23.2 Å². The van der Waals surface area contributed by atoms with Crippen molar-refractivity contribution in [1.29, 1.82) is 0 Å². The molecule has 196 valence electrons. The number of carbonyl (C=O) groups is 2. The van der Waals surface area contributed by atoms with E-state index in [1.165, 1.54) is 12.1 Å². The molecule has 0 atom stereocenters. The number of carbonyl (C=O) groups excluding carboxylic acids is 1. The molecule has 0 radical (unpaired) electrons. The first-order valence-electron chi connectivity index (χ1n) is 12.8. The van der Waals surface area contributed by atoms with Crippen molar-refractivity contribution in [3.8, 4) is 17.0 Å². The Kier molecular flexibility index (Phi) is 5.51. The van der Waals surface area contributed by atoms with Crippen LogP contribution in [0, 0.1) is 0 Å². The minimum Gasteiger partial charge on any atom is -0.489 e. The number of fused-ring (bicyclic) bond motifs is 2. The summed E-state index contributed by atoms with van der Waals surface area (Å²) in [6.45, 7) is 0.205. The summed E-state index contributed by atoms with van der Waals surface area (Å²) >= 11 is 13.0. The van der Waals surface area contributed by atoms with Gasteiger partial charge < -0.3 is 14.4 Å². The smallest absolute Gasteiger partial charge is 0.335 e. The third kappa shape index (κ3) is 3.91. The molecular weight excluding hydrogens is 539 g/mol. The molecule has 1 N–H and O–H groups in total. The standard InChI is InChI=1S/C30H22Cl2N2O5/c31-22-5-2-6-23(32)25(22)26-20(27(39-33-26)16-7-8-16)15-38-19-9-10-24-21(14-19)30(11-12-30)29(37)34(24)18-4-1-3-17(13-18)28(35)36/h1-6,9-10,13-14,16H,7-8,11-12,15H2,(H,35,36). The summed E-state index contributed by atoms with van der Waals surface area (Å²) in [5.74, 6) is 0.635. The first-order valence-corrected chi connectivity index (χ1v) is 13.5. The molecule has 1 aliphatic heterocycles. The molecule has 4 aromatic rings. The molecule has 0 unspecified atom stereocenters. The van der Waals surface area contributed by atoms with Crippen molar-refractivity contribution in [2.45, 2.75) is 43.6 Å². The lowest BCUT2D eigenvalue weighted by Crippen LogP contribution is -2.28. The van der Waals surface area contributed by atoms with Crippen molar-refractivity contribution in [1.82, 2.24) is 5.16 Å². The highest BCUT2D eigenvalue weighted by Crippen LogP contribution is 2.59. The van der Waals surface area contributed by atoms with Crippen LogP contribution in [0.4, 0.5) is 11.4 Å². The molecule has 9 heteroatoms. The molecule has 2 fully saturated rings. The molecule has 1 amide bonds. The van der Waals surface area contributed by atoms with Gasteiger partial charge in [0.25, 0.3) is 0 Å². The average molecular weight is 561 g/mol. The van der Waals surface area contributed by atoms with Crippen LogP contribution in [0.2, 0.25) is 10.0 Å². The minimum atomic E-state index is -1.04. The van der Waals surface area contributed by atoms with E-state index in [2.05, 4.69) is 5.16 Å². The zero-order valence-corrected chi connectivity index (χ0v) is 22.1. The zero-order valence-electron chi connectivity index (χ0n) is 20.6. The lowest BCUT2D eigenvalue weighted by Gasteiger charge is -2.19. The van der Waals surface area contributed by atoms with E-state index in [1.807, 2.05) is 18.2 Å². The quantitative estimate of drug-likeness (QED) is 0.251. The number of hydrogen-bond donors (Lipinski definition) is 1. The highest BCUT2D eigenvalue weighted by molar-refractivity contribution is 6.39. The number of carboxylic acids is 1. The van der Waals surface area contributed by atoms with Gasteiger partial charge in [-0.3, -0.25) is 9.69 Å². The molecule has 7 nitrogen and oxygen atoms in total. The fourth-order valence-electron chi connectivity index (χ4n) is 5.47. The number of nitrogens with zero attached hydrogens (tertiary/aromatic N) is 2. The van der Waals surface area contributed by atoms with Crippen LogP contribution in [0.25, 0.3) is 11.3 Å². The maximum absolute atomic E-state index is 13.6. The Labute approximate surface area is 233 Å². The van der Waals surface area contributed by atoms with Crippen LogP contribution in [0.3, 0.4) is 0 Å². The number of rotatable bonds is 7. The van der Waals surface area contributed by atoms with Gasteiger partial charge in [-0.05, 0) is 79.8 Å². The number of carboxylic acid groups (broad SMARTS) is 1. The number of aromatic carboxylic acids is 1. The van der Waals surface area contributed by atoms with E-state index in [0.29, 0.717) is 38.7 Å². The van der Waals surface area contributed by atoms with Crippen LogP contribution in [-0.4, -0.2) is 22.1 Å². The molecule has 1 aromatic heterocycles. The molecule has 1 spiro atoms. The Bertz CT molecular complexity index is 1650. The van der Waals surface area contributed by atoms with E-state index in [9.17, 15) is 14.7 Å². The Morgan fingerprint density at radius 2 is 1.82 bits per heavy atom. The van der Waals surface area contributed by atoms with Crippen molar-refractivity contribution >= 4 is 46.5 Å². The van der Waals surface area contributed by atoms with E-state index in [-0.39, 0.29) is 18.1 Å². The number of halogens is 2. The lowest BCUT2D eigenvalue weighted by atomic mass is 9.98. The normalized spacial score (nSPS) is 17.0.